The molecular formula is C13H24N2O2. The summed E-state index contributed by atoms with van der Waals surface area (Å²) >= 11 is 0. The van der Waals surface area contributed by atoms with Crippen LogP contribution in [0.3, 0.4) is 0 Å². The van der Waals surface area contributed by atoms with Crippen LogP contribution in [0.5, 0.6) is 0 Å². The molecule has 2 saturated heterocycles. The van der Waals surface area contributed by atoms with Crippen LogP contribution in [0.25, 0.3) is 0 Å². The molecule has 0 saturated carbocycles. The summed E-state index contributed by atoms with van der Waals surface area (Å²) in [5.41, 5.74) is 0. The normalized spacial score (nSPS) is 30.5. The minimum atomic E-state index is -0.221. The number of aliphatic hydroxyl groups is 1. The minimum Gasteiger partial charge on any atom is -0.393 e. The fourth-order valence-corrected chi connectivity index (χ4v) is 2.78. The molecule has 98 valence electrons. The van der Waals surface area contributed by atoms with Gasteiger partial charge in [0.25, 0.3) is 0 Å². The van der Waals surface area contributed by atoms with E-state index in [0.29, 0.717) is 5.92 Å². The molecule has 1 amide bonds. The van der Waals surface area contributed by atoms with E-state index in [2.05, 4.69) is 19.2 Å². The molecule has 2 unspecified atom stereocenters. The van der Waals surface area contributed by atoms with Crippen LogP contribution < -0.4 is 5.32 Å². The zero-order valence-electron chi connectivity index (χ0n) is 10.9. The number of likely N-dealkylation sites (tertiary alicyclic amines) is 1. The Bertz CT molecular complexity index is 277. The maximum absolute atomic E-state index is 12.1. The van der Waals surface area contributed by atoms with Gasteiger partial charge in [0, 0.05) is 32.1 Å². The molecule has 0 radical (unpaired) electrons. The molecule has 4 heteroatoms. The zero-order chi connectivity index (χ0) is 12.4. The van der Waals surface area contributed by atoms with Gasteiger partial charge in [-0.25, -0.2) is 0 Å². The van der Waals surface area contributed by atoms with Gasteiger partial charge in [0.05, 0.1) is 12.0 Å². The average Bonchev–Trinajstić information content (AvgIpc) is 2.18. The first kappa shape index (κ1) is 12.8. The fraction of sp³-hybridized carbons (Fsp3) is 0.923. The maximum Gasteiger partial charge on any atom is 0.228 e. The van der Waals surface area contributed by atoms with Crippen molar-refractivity contribution in [2.45, 2.75) is 32.8 Å². The predicted molar refractivity (Wildman–Crippen MR) is 66.5 cm³/mol. The predicted octanol–water partition coefficient (Wildman–Crippen LogP) is 0.461. The highest BCUT2D eigenvalue weighted by Crippen LogP contribution is 2.25. The molecule has 4 nitrogen and oxygen atoms in total. The van der Waals surface area contributed by atoms with Crippen molar-refractivity contribution < 1.29 is 9.90 Å². The monoisotopic (exact) mass is 240 g/mol. The summed E-state index contributed by atoms with van der Waals surface area (Å²) in [6.07, 6.45) is 1.53. The maximum atomic E-state index is 12.1. The molecule has 0 aromatic rings. The van der Waals surface area contributed by atoms with Gasteiger partial charge in [-0.1, -0.05) is 13.8 Å². The van der Waals surface area contributed by atoms with Crippen molar-refractivity contribution >= 4 is 5.91 Å². The van der Waals surface area contributed by atoms with Crippen molar-refractivity contribution in [3.63, 3.8) is 0 Å². The van der Waals surface area contributed by atoms with E-state index in [4.69, 9.17) is 0 Å². The number of hydrogen-bond donors (Lipinski definition) is 2. The third kappa shape index (κ3) is 2.99. The topological polar surface area (TPSA) is 52.6 Å². The van der Waals surface area contributed by atoms with Crippen LogP contribution >= 0.6 is 0 Å². The van der Waals surface area contributed by atoms with Crippen molar-refractivity contribution in [1.29, 1.82) is 0 Å². The molecule has 2 aliphatic heterocycles. The van der Waals surface area contributed by atoms with Crippen LogP contribution in [-0.2, 0) is 4.79 Å². The van der Waals surface area contributed by atoms with Crippen LogP contribution in [0.4, 0.5) is 0 Å². The SMILES string of the molecule is CC(C)CC1CN(C(=O)C2CNC2)CCC1O. The summed E-state index contributed by atoms with van der Waals surface area (Å²) in [4.78, 5) is 14.1. The van der Waals surface area contributed by atoms with E-state index in [1.807, 2.05) is 4.90 Å². The third-order valence-electron chi connectivity index (χ3n) is 3.91. The molecular weight excluding hydrogens is 216 g/mol. The van der Waals surface area contributed by atoms with Crippen molar-refractivity contribution in [3.8, 4) is 0 Å². The van der Waals surface area contributed by atoms with E-state index in [0.717, 1.165) is 39.0 Å². The molecule has 2 aliphatic rings. The number of rotatable bonds is 3. The Kier molecular flexibility index (Phi) is 4.05. The zero-order valence-corrected chi connectivity index (χ0v) is 10.9. The van der Waals surface area contributed by atoms with E-state index in [9.17, 15) is 9.90 Å². The molecule has 17 heavy (non-hydrogen) atoms. The average molecular weight is 240 g/mol. The Hall–Kier alpha value is -0.610. The lowest BCUT2D eigenvalue weighted by Gasteiger charge is -2.40. The van der Waals surface area contributed by atoms with E-state index in [-0.39, 0.29) is 23.8 Å². The number of nitrogens with zero attached hydrogens (tertiary/aromatic N) is 1. The summed E-state index contributed by atoms with van der Waals surface area (Å²) in [6.45, 7) is 7.46. The number of amides is 1. The molecule has 2 rings (SSSR count). The van der Waals surface area contributed by atoms with E-state index in [1.165, 1.54) is 0 Å². The first-order chi connectivity index (χ1) is 8.08. The van der Waals surface area contributed by atoms with Crippen molar-refractivity contribution in [2.24, 2.45) is 17.8 Å². The highest BCUT2D eigenvalue weighted by molar-refractivity contribution is 5.80. The molecule has 2 heterocycles. The van der Waals surface area contributed by atoms with Crippen molar-refractivity contribution in [1.82, 2.24) is 10.2 Å². The number of carbonyl (C=O) groups excluding carboxylic acids is 1. The van der Waals surface area contributed by atoms with E-state index in [1.54, 1.807) is 0 Å². The molecule has 2 atom stereocenters. The van der Waals surface area contributed by atoms with Crippen LogP contribution in [-0.4, -0.2) is 48.2 Å². The van der Waals surface area contributed by atoms with Gasteiger partial charge in [-0.3, -0.25) is 4.79 Å². The Morgan fingerprint density at radius 3 is 2.71 bits per heavy atom. The summed E-state index contributed by atoms with van der Waals surface area (Å²) in [6, 6.07) is 0. The smallest absolute Gasteiger partial charge is 0.228 e. The minimum absolute atomic E-state index is 0.185. The van der Waals surface area contributed by atoms with Gasteiger partial charge in [0.1, 0.15) is 0 Å². The molecule has 2 fully saturated rings. The number of hydrogen-bond acceptors (Lipinski definition) is 3. The highest BCUT2D eigenvalue weighted by Gasteiger charge is 2.35. The van der Waals surface area contributed by atoms with Gasteiger partial charge in [-0.15, -0.1) is 0 Å². The second-order valence-electron chi connectivity index (χ2n) is 5.89. The van der Waals surface area contributed by atoms with Crippen LogP contribution in [0.1, 0.15) is 26.7 Å². The number of piperidine rings is 1. The van der Waals surface area contributed by atoms with Crippen LogP contribution in [0.2, 0.25) is 0 Å². The van der Waals surface area contributed by atoms with Gasteiger partial charge < -0.3 is 15.3 Å². The lowest BCUT2D eigenvalue weighted by Crippen LogP contribution is -2.55. The lowest BCUT2D eigenvalue weighted by molar-refractivity contribution is -0.141. The summed E-state index contributed by atoms with van der Waals surface area (Å²) in [5.74, 6) is 1.31. The van der Waals surface area contributed by atoms with Crippen molar-refractivity contribution in [3.05, 3.63) is 0 Å². The standard InChI is InChI=1S/C13H24N2O2/c1-9(2)5-10-8-15(4-3-12(10)16)13(17)11-6-14-7-11/h9-12,14,16H,3-8H2,1-2H3. The quantitative estimate of drug-likeness (QED) is 0.753. The lowest BCUT2D eigenvalue weighted by atomic mass is 9.86. The van der Waals surface area contributed by atoms with Crippen LogP contribution in [0, 0.1) is 17.8 Å². The molecule has 0 aromatic heterocycles. The third-order valence-corrected chi connectivity index (χ3v) is 3.91. The summed E-state index contributed by atoms with van der Waals surface area (Å²) in [5, 5.41) is 13.1. The summed E-state index contributed by atoms with van der Waals surface area (Å²) < 4.78 is 0. The molecule has 0 spiro atoms. The number of nitrogens with one attached hydrogen (secondary N) is 1. The molecule has 0 bridgehead atoms. The van der Waals surface area contributed by atoms with Gasteiger partial charge in [0.2, 0.25) is 5.91 Å². The van der Waals surface area contributed by atoms with Crippen LogP contribution in [0.15, 0.2) is 0 Å². The van der Waals surface area contributed by atoms with Gasteiger partial charge in [-0.05, 0) is 18.8 Å². The Morgan fingerprint density at radius 2 is 2.18 bits per heavy atom. The summed E-state index contributed by atoms with van der Waals surface area (Å²) in [7, 11) is 0. The number of aliphatic hydroxyl groups excluding tert-OH is 1. The van der Waals surface area contributed by atoms with Crippen molar-refractivity contribution in [2.75, 3.05) is 26.2 Å². The first-order valence-electron chi connectivity index (χ1n) is 6.75. The first-order valence-corrected chi connectivity index (χ1v) is 6.75. The van der Waals surface area contributed by atoms with E-state index >= 15 is 0 Å². The second-order valence-corrected chi connectivity index (χ2v) is 5.89. The molecule has 0 aliphatic carbocycles. The van der Waals surface area contributed by atoms with Gasteiger partial charge in [0.15, 0.2) is 0 Å². The Labute approximate surface area is 103 Å². The number of carbonyl (C=O) groups is 1. The molecule has 0 aromatic carbocycles. The molecule has 2 N–H and O–H groups in total. The second kappa shape index (κ2) is 5.36. The Morgan fingerprint density at radius 1 is 1.47 bits per heavy atom. The van der Waals surface area contributed by atoms with Gasteiger partial charge in [-0.2, -0.15) is 0 Å². The van der Waals surface area contributed by atoms with E-state index < -0.39 is 0 Å². The largest absolute Gasteiger partial charge is 0.393 e. The van der Waals surface area contributed by atoms with Gasteiger partial charge >= 0.3 is 0 Å². The Balaban J connectivity index is 1.89. The fourth-order valence-electron chi connectivity index (χ4n) is 2.78. The highest BCUT2D eigenvalue weighted by atomic mass is 16.3.